The molecule has 102 valence electrons. The van der Waals surface area contributed by atoms with Crippen molar-refractivity contribution in [3.63, 3.8) is 0 Å². The van der Waals surface area contributed by atoms with Crippen LogP contribution in [0.1, 0.15) is 59.3 Å². The van der Waals surface area contributed by atoms with Crippen LogP contribution < -0.4 is 5.32 Å². The predicted octanol–water partition coefficient (Wildman–Crippen LogP) is 3.61. The molecule has 0 saturated heterocycles. The molecule has 0 heterocycles. The van der Waals surface area contributed by atoms with Gasteiger partial charge in [-0.3, -0.25) is 0 Å². The Morgan fingerprint density at radius 1 is 1.18 bits per heavy atom. The van der Waals surface area contributed by atoms with E-state index in [1.807, 2.05) is 0 Å². The summed E-state index contributed by atoms with van der Waals surface area (Å²) in [4.78, 5) is 0. The van der Waals surface area contributed by atoms with Gasteiger partial charge in [0.05, 0.1) is 6.61 Å². The molecule has 2 nitrogen and oxygen atoms in total. The lowest BCUT2D eigenvalue weighted by Gasteiger charge is -2.35. The van der Waals surface area contributed by atoms with Gasteiger partial charge in [-0.05, 0) is 31.1 Å². The third-order valence-corrected chi connectivity index (χ3v) is 3.97. The van der Waals surface area contributed by atoms with Crippen molar-refractivity contribution in [3.05, 3.63) is 0 Å². The van der Waals surface area contributed by atoms with Crippen LogP contribution in [-0.4, -0.2) is 25.8 Å². The van der Waals surface area contributed by atoms with Crippen LogP contribution in [0.5, 0.6) is 0 Å². The zero-order chi connectivity index (χ0) is 12.5. The highest BCUT2D eigenvalue weighted by molar-refractivity contribution is 4.82. The molecule has 0 aromatic carbocycles. The highest BCUT2D eigenvalue weighted by Crippen LogP contribution is 2.29. The Hall–Kier alpha value is -0.0800. The second kappa shape index (κ2) is 8.93. The monoisotopic (exact) mass is 241 g/mol. The number of rotatable bonds is 8. The van der Waals surface area contributed by atoms with Gasteiger partial charge in [0, 0.05) is 19.2 Å². The summed E-state index contributed by atoms with van der Waals surface area (Å²) in [6.07, 6.45) is 8.01. The van der Waals surface area contributed by atoms with Crippen LogP contribution in [0.3, 0.4) is 0 Å². The van der Waals surface area contributed by atoms with E-state index >= 15 is 0 Å². The van der Waals surface area contributed by atoms with Gasteiger partial charge in [-0.1, -0.05) is 40.0 Å². The van der Waals surface area contributed by atoms with Crippen LogP contribution >= 0.6 is 0 Å². The predicted molar refractivity (Wildman–Crippen MR) is 74.3 cm³/mol. The summed E-state index contributed by atoms with van der Waals surface area (Å²) in [7, 11) is 0. The summed E-state index contributed by atoms with van der Waals surface area (Å²) in [5.74, 6) is 1.69. The molecule has 1 saturated carbocycles. The smallest absolute Gasteiger partial charge is 0.0591 e. The topological polar surface area (TPSA) is 21.3 Å². The summed E-state index contributed by atoms with van der Waals surface area (Å²) in [6.45, 7) is 9.76. The van der Waals surface area contributed by atoms with Crippen LogP contribution in [0.15, 0.2) is 0 Å². The SMILES string of the molecule is CCCCOCCNC1CCCCC1C(C)C. The standard InChI is InChI=1S/C15H31NO/c1-4-5-11-17-12-10-16-15-9-7-6-8-14(15)13(2)3/h13-16H,4-12H2,1-3H3. The molecule has 17 heavy (non-hydrogen) atoms. The molecule has 1 fully saturated rings. The molecule has 2 atom stereocenters. The second-order valence-corrected chi connectivity index (χ2v) is 5.72. The van der Waals surface area contributed by atoms with Crippen molar-refractivity contribution in [3.8, 4) is 0 Å². The van der Waals surface area contributed by atoms with Gasteiger partial charge in [0.1, 0.15) is 0 Å². The van der Waals surface area contributed by atoms with E-state index in [-0.39, 0.29) is 0 Å². The fraction of sp³-hybridized carbons (Fsp3) is 1.00. The van der Waals surface area contributed by atoms with Gasteiger partial charge in [0.25, 0.3) is 0 Å². The number of ether oxygens (including phenoxy) is 1. The Bertz CT molecular complexity index is 182. The first-order valence-electron chi connectivity index (χ1n) is 7.56. The van der Waals surface area contributed by atoms with E-state index in [1.165, 1.54) is 38.5 Å². The van der Waals surface area contributed by atoms with Crippen molar-refractivity contribution in [2.75, 3.05) is 19.8 Å². The molecule has 0 bridgehead atoms. The summed E-state index contributed by atoms with van der Waals surface area (Å²) in [5.41, 5.74) is 0. The van der Waals surface area contributed by atoms with Crippen molar-refractivity contribution in [2.45, 2.75) is 65.3 Å². The highest BCUT2D eigenvalue weighted by atomic mass is 16.5. The first kappa shape index (κ1) is 15.0. The Labute approximate surface area is 108 Å². The lowest BCUT2D eigenvalue weighted by Crippen LogP contribution is -2.42. The van der Waals surface area contributed by atoms with Crippen molar-refractivity contribution in [2.24, 2.45) is 11.8 Å². The van der Waals surface area contributed by atoms with Crippen molar-refractivity contribution >= 4 is 0 Å². The molecule has 0 amide bonds. The average molecular weight is 241 g/mol. The maximum absolute atomic E-state index is 5.60. The van der Waals surface area contributed by atoms with Gasteiger partial charge in [-0.25, -0.2) is 0 Å². The lowest BCUT2D eigenvalue weighted by atomic mass is 9.78. The Morgan fingerprint density at radius 2 is 1.94 bits per heavy atom. The van der Waals surface area contributed by atoms with Crippen LogP contribution in [0.25, 0.3) is 0 Å². The average Bonchev–Trinajstić information content (AvgIpc) is 2.34. The van der Waals surface area contributed by atoms with E-state index in [2.05, 4.69) is 26.1 Å². The quantitative estimate of drug-likeness (QED) is 0.656. The van der Waals surface area contributed by atoms with E-state index < -0.39 is 0 Å². The zero-order valence-corrected chi connectivity index (χ0v) is 12.0. The molecule has 2 unspecified atom stereocenters. The summed E-state index contributed by atoms with van der Waals surface area (Å²) in [5, 5.41) is 3.70. The zero-order valence-electron chi connectivity index (χ0n) is 12.0. The minimum atomic E-state index is 0.735. The Kier molecular flexibility index (Phi) is 7.87. The molecule has 1 aliphatic carbocycles. The van der Waals surface area contributed by atoms with E-state index in [1.54, 1.807) is 0 Å². The fourth-order valence-corrected chi connectivity index (χ4v) is 2.88. The Balaban J connectivity index is 2.11. The van der Waals surface area contributed by atoms with Gasteiger partial charge in [-0.15, -0.1) is 0 Å². The number of nitrogens with one attached hydrogen (secondary N) is 1. The summed E-state index contributed by atoms with van der Waals surface area (Å²) < 4.78 is 5.60. The van der Waals surface area contributed by atoms with Crippen LogP contribution in [0, 0.1) is 11.8 Å². The third-order valence-electron chi connectivity index (χ3n) is 3.97. The van der Waals surface area contributed by atoms with Crippen LogP contribution in [0.4, 0.5) is 0 Å². The van der Waals surface area contributed by atoms with Gasteiger partial charge in [-0.2, -0.15) is 0 Å². The van der Waals surface area contributed by atoms with Gasteiger partial charge >= 0.3 is 0 Å². The minimum absolute atomic E-state index is 0.735. The molecule has 0 aromatic rings. The highest BCUT2D eigenvalue weighted by Gasteiger charge is 2.26. The van der Waals surface area contributed by atoms with Crippen molar-refractivity contribution in [1.82, 2.24) is 5.32 Å². The van der Waals surface area contributed by atoms with Crippen molar-refractivity contribution in [1.29, 1.82) is 0 Å². The maximum atomic E-state index is 5.60. The molecule has 0 spiro atoms. The fourth-order valence-electron chi connectivity index (χ4n) is 2.88. The van der Waals surface area contributed by atoms with Crippen LogP contribution in [-0.2, 0) is 4.74 Å². The van der Waals surface area contributed by atoms with E-state index in [9.17, 15) is 0 Å². The normalized spacial score (nSPS) is 25.4. The molecule has 1 rings (SSSR count). The Morgan fingerprint density at radius 3 is 2.65 bits per heavy atom. The number of hydrogen-bond donors (Lipinski definition) is 1. The summed E-state index contributed by atoms with van der Waals surface area (Å²) >= 11 is 0. The van der Waals surface area contributed by atoms with Gasteiger partial charge in [0.2, 0.25) is 0 Å². The molecule has 2 heteroatoms. The molecule has 0 aliphatic heterocycles. The molecule has 1 N–H and O–H groups in total. The molecule has 0 radical (unpaired) electrons. The first-order valence-corrected chi connectivity index (χ1v) is 7.56. The molecular formula is C15H31NO. The van der Waals surface area contributed by atoms with Gasteiger partial charge in [0.15, 0.2) is 0 Å². The van der Waals surface area contributed by atoms with E-state index in [0.29, 0.717) is 0 Å². The lowest BCUT2D eigenvalue weighted by molar-refractivity contribution is 0.121. The maximum Gasteiger partial charge on any atom is 0.0591 e. The first-order chi connectivity index (χ1) is 8.25. The van der Waals surface area contributed by atoms with E-state index in [0.717, 1.165) is 37.6 Å². The second-order valence-electron chi connectivity index (χ2n) is 5.72. The minimum Gasteiger partial charge on any atom is -0.380 e. The summed E-state index contributed by atoms with van der Waals surface area (Å²) in [6, 6.07) is 0.735. The molecule has 0 aromatic heterocycles. The van der Waals surface area contributed by atoms with Crippen molar-refractivity contribution < 1.29 is 4.74 Å². The molecule has 1 aliphatic rings. The van der Waals surface area contributed by atoms with E-state index in [4.69, 9.17) is 4.74 Å². The third kappa shape index (κ3) is 5.87. The number of unbranched alkanes of at least 4 members (excludes halogenated alkanes) is 1. The van der Waals surface area contributed by atoms with Gasteiger partial charge < -0.3 is 10.1 Å². The number of hydrogen-bond acceptors (Lipinski definition) is 2. The largest absolute Gasteiger partial charge is 0.380 e. The molecular weight excluding hydrogens is 210 g/mol. The van der Waals surface area contributed by atoms with Crippen LogP contribution in [0.2, 0.25) is 0 Å².